The molecular weight excluding hydrogens is 516 g/mol. The molecule has 2 fully saturated rings. The van der Waals surface area contributed by atoms with Crippen molar-refractivity contribution in [2.45, 2.75) is 57.3 Å². The van der Waals surface area contributed by atoms with E-state index in [9.17, 15) is 31.1 Å². The Kier molecular flexibility index (Phi) is 9.67. The van der Waals surface area contributed by atoms with E-state index in [-0.39, 0.29) is 5.91 Å². The highest BCUT2D eigenvalue weighted by Gasteiger charge is 2.46. The second-order valence-corrected chi connectivity index (χ2v) is 8.13. The fraction of sp³-hybridized carbons (Fsp3) is 0.455. The van der Waals surface area contributed by atoms with Gasteiger partial charge in [0.1, 0.15) is 0 Å². The van der Waals surface area contributed by atoms with Gasteiger partial charge in [-0.25, -0.2) is 9.59 Å². The minimum atomic E-state index is -5.08. The number of hydrogen-bond donors (Lipinski definition) is 2. The molecule has 1 amide bonds. The molecule has 0 spiro atoms. The van der Waals surface area contributed by atoms with Gasteiger partial charge < -0.3 is 19.5 Å². The lowest BCUT2D eigenvalue weighted by Crippen LogP contribution is -2.36. The summed E-state index contributed by atoms with van der Waals surface area (Å²) in [4.78, 5) is 39.3. The van der Waals surface area contributed by atoms with Crippen LogP contribution < -0.4 is 0 Å². The summed E-state index contributed by atoms with van der Waals surface area (Å²) in [5.41, 5.74) is 3.16. The number of aromatic nitrogens is 1. The van der Waals surface area contributed by atoms with Crippen LogP contribution in [0.25, 0.3) is 0 Å². The standard InChI is InChI=1S/C18H21N3O2.2C2HF3O2/c1-13-3-2-4-15(19-13)11-21-16-5-7-20(17(16)9-18(21)22)10-14-6-8-23-12-14;2*3-2(4,5)1(6)7/h2-4,6,8,12,16-17H,5,7,9-11H2,1H3;2*(H,6,7)/t16-,17+;;/m0../s1. The van der Waals surface area contributed by atoms with Crippen LogP contribution in [0.15, 0.2) is 41.2 Å². The molecule has 0 radical (unpaired) electrons. The number of halogens is 6. The molecule has 2 N–H and O–H groups in total. The van der Waals surface area contributed by atoms with Crippen LogP contribution >= 0.6 is 0 Å². The second kappa shape index (κ2) is 12.1. The minimum absolute atomic E-state index is 0.250. The molecule has 9 nitrogen and oxygen atoms in total. The number of aryl methyl sites for hydroxylation is 1. The number of aliphatic carboxylic acids is 2. The second-order valence-electron chi connectivity index (χ2n) is 8.13. The van der Waals surface area contributed by atoms with E-state index in [1.165, 1.54) is 5.56 Å². The normalized spacial score (nSPS) is 19.4. The van der Waals surface area contributed by atoms with Gasteiger partial charge in [-0.1, -0.05) is 6.07 Å². The van der Waals surface area contributed by atoms with Crippen molar-refractivity contribution < 1.29 is 55.4 Å². The number of nitrogens with zero attached hydrogens (tertiary/aromatic N) is 3. The Bertz CT molecular complexity index is 1050. The molecule has 0 bridgehead atoms. The number of carboxylic acid groups (broad SMARTS) is 2. The molecule has 2 aromatic rings. The Morgan fingerprint density at radius 2 is 1.62 bits per heavy atom. The zero-order valence-electron chi connectivity index (χ0n) is 19.3. The predicted octanol–water partition coefficient (Wildman–Crippen LogP) is 3.63. The molecular formula is C22H23F6N3O6. The van der Waals surface area contributed by atoms with Gasteiger partial charge in [0.2, 0.25) is 5.91 Å². The molecule has 2 saturated heterocycles. The summed E-state index contributed by atoms with van der Waals surface area (Å²) >= 11 is 0. The van der Waals surface area contributed by atoms with E-state index in [1.54, 1.807) is 12.5 Å². The summed E-state index contributed by atoms with van der Waals surface area (Å²) in [5, 5.41) is 14.2. The molecule has 2 aromatic heterocycles. The van der Waals surface area contributed by atoms with Crippen molar-refractivity contribution in [1.82, 2.24) is 14.8 Å². The average Bonchev–Trinajstić information content (AvgIpc) is 3.49. The van der Waals surface area contributed by atoms with E-state index >= 15 is 0 Å². The largest absolute Gasteiger partial charge is 0.490 e. The first-order chi connectivity index (χ1) is 17.1. The van der Waals surface area contributed by atoms with Gasteiger partial charge in [0.15, 0.2) is 0 Å². The van der Waals surface area contributed by atoms with Crippen molar-refractivity contribution in [1.29, 1.82) is 0 Å². The summed E-state index contributed by atoms with van der Waals surface area (Å²) in [6.45, 7) is 4.51. The lowest BCUT2D eigenvalue weighted by molar-refractivity contribution is -0.193. The number of rotatable bonds is 4. The van der Waals surface area contributed by atoms with Crippen LogP contribution in [0.1, 0.15) is 29.8 Å². The van der Waals surface area contributed by atoms with Crippen LogP contribution in [0.5, 0.6) is 0 Å². The third kappa shape index (κ3) is 8.77. The molecule has 15 heteroatoms. The molecule has 0 unspecified atom stereocenters. The zero-order valence-corrected chi connectivity index (χ0v) is 19.3. The van der Waals surface area contributed by atoms with E-state index in [4.69, 9.17) is 24.2 Å². The smallest absolute Gasteiger partial charge is 0.475 e. The number of alkyl halides is 6. The Labute approximate surface area is 206 Å². The molecule has 0 saturated carbocycles. The number of pyridine rings is 1. The Morgan fingerprint density at radius 1 is 1.03 bits per heavy atom. The van der Waals surface area contributed by atoms with E-state index in [0.717, 1.165) is 30.9 Å². The molecule has 0 aromatic carbocycles. The van der Waals surface area contributed by atoms with E-state index in [1.807, 2.05) is 36.1 Å². The third-order valence-electron chi connectivity index (χ3n) is 5.46. The van der Waals surface area contributed by atoms with Crippen molar-refractivity contribution in [3.63, 3.8) is 0 Å². The highest BCUT2D eigenvalue weighted by molar-refractivity contribution is 5.80. The van der Waals surface area contributed by atoms with Gasteiger partial charge in [-0.15, -0.1) is 0 Å². The summed E-state index contributed by atoms with van der Waals surface area (Å²) in [6, 6.07) is 8.64. The summed E-state index contributed by atoms with van der Waals surface area (Å²) in [6.07, 6.45) is -5.01. The first-order valence-corrected chi connectivity index (χ1v) is 10.7. The van der Waals surface area contributed by atoms with Gasteiger partial charge in [0.05, 0.1) is 24.8 Å². The van der Waals surface area contributed by atoms with E-state index < -0.39 is 24.3 Å². The Morgan fingerprint density at radius 3 is 2.11 bits per heavy atom. The van der Waals surface area contributed by atoms with Crippen molar-refractivity contribution in [2.75, 3.05) is 6.54 Å². The molecule has 2 aliphatic rings. The molecule has 2 atom stereocenters. The fourth-order valence-corrected chi connectivity index (χ4v) is 3.89. The van der Waals surface area contributed by atoms with Gasteiger partial charge >= 0.3 is 24.3 Å². The lowest BCUT2D eigenvalue weighted by Gasteiger charge is -2.25. The topological polar surface area (TPSA) is 124 Å². The van der Waals surface area contributed by atoms with Crippen LogP contribution in [0.2, 0.25) is 0 Å². The van der Waals surface area contributed by atoms with Crippen LogP contribution in [-0.2, 0) is 27.5 Å². The van der Waals surface area contributed by atoms with Crippen molar-refractivity contribution in [2.24, 2.45) is 0 Å². The number of amides is 1. The van der Waals surface area contributed by atoms with Crippen molar-refractivity contribution in [3.05, 3.63) is 53.7 Å². The fourth-order valence-electron chi connectivity index (χ4n) is 3.89. The van der Waals surface area contributed by atoms with E-state index in [2.05, 4.69) is 9.88 Å². The van der Waals surface area contributed by atoms with Crippen molar-refractivity contribution in [3.8, 4) is 0 Å². The number of carbonyl (C=O) groups excluding carboxylic acids is 1. The number of carbonyl (C=O) groups is 3. The summed E-state index contributed by atoms with van der Waals surface area (Å²) in [7, 11) is 0. The molecule has 0 aliphatic carbocycles. The molecule has 4 heterocycles. The van der Waals surface area contributed by atoms with Gasteiger partial charge in [0.25, 0.3) is 0 Å². The van der Waals surface area contributed by atoms with Gasteiger partial charge in [-0.05, 0) is 31.5 Å². The lowest BCUT2D eigenvalue weighted by atomic mass is 10.1. The number of hydrogen-bond acceptors (Lipinski definition) is 6. The van der Waals surface area contributed by atoms with Crippen molar-refractivity contribution >= 4 is 17.8 Å². The average molecular weight is 539 g/mol. The maximum atomic E-state index is 12.5. The maximum Gasteiger partial charge on any atom is 0.490 e. The molecule has 2 aliphatic heterocycles. The zero-order chi connectivity index (χ0) is 28.0. The minimum Gasteiger partial charge on any atom is -0.475 e. The predicted molar refractivity (Wildman–Crippen MR) is 113 cm³/mol. The highest BCUT2D eigenvalue weighted by atomic mass is 19.4. The van der Waals surface area contributed by atoms with Gasteiger partial charge in [-0.2, -0.15) is 26.3 Å². The number of likely N-dealkylation sites (tertiary alicyclic amines) is 2. The molecule has 204 valence electrons. The number of carboxylic acids is 2. The maximum absolute atomic E-state index is 12.5. The van der Waals surface area contributed by atoms with Gasteiger partial charge in [-0.3, -0.25) is 14.7 Å². The Hall–Kier alpha value is -3.62. The first-order valence-electron chi connectivity index (χ1n) is 10.7. The SMILES string of the molecule is Cc1cccc(CN2C(=O)C[C@@H]3[C@@H]2CCN3Cc2ccoc2)n1.O=C(O)C(F)(F)F.O=C(O)C(F)(F)F. The van der Waals surface area contributed by atoms with Crippen LogP contribution in [0.3, 0.4) is 0 Å². The monoisotopic (exact) mass is 539 g/mol. The summed E-state index contributed by atoms with van der Waals surface area (Å²) in [5.74, 6) is -5.26. The Balaban J connectivity index is 0.000000286. The molecule has 4 rings (SSSR count). The number of fused-ring (bicyclic) bond motifs is 1. The van der Waals surface area contributed by atoms with Crippen LogP contribution in [-0.4, -0.2) is 73.8 Å². The molecule has 37 heavy (non-hydrogen) atoms. The van der Waals surface area contributed by atoms with Gasteiger partial charge in [0, 0.05) is 42.9 Å². The number of furan rings is 1. The first kappa shape index (κ1) is 29.6. The summed E-state index contributed by atoms with van der Waals surface area (Å²) < 4.78 is 68.6. The van der Waals surface area contributed by atoms with E-state index in [0.29, 0.717) is 25.0 Å². The third-order valence-corrected chi connectivity index (χ3v) is 5.46. The van der Waals surface area contributed by atoms with Crippen LogP contribution in [0.4, 0.5) is 26.3 Å². The highest BCUT2D eigenvalue weighted by Crippen LogP contribution is 2.34. The quantitative estimate of drug-likeness (QED) is 0.565. The van der Waals surface area contributed by atoms with Crippen LogP contribution in [0, 0.1) is 6.92 Å².